The van der Waals surface area contributed by atoms with Crippen LogP contribution in [0.15, 0.2) is 42.7 Å². The van der Waals surface area contributed by atoms with Gasteiger partial charge < -0.3 is 10.1 Å². The van der Waals surface area contributed by atoms with Crippen LogP contribution in [0.4, 0.5) is 0 Å². The first kappa shape index (κ1) is 16.4. The van der Waals surface area contributed by atoms with Crippen molar-refractivity contribution in [2.24, 2.45) is 5.92 Å². The Hall–Kier alpha value is -2.43. The van der Waals surface area contributed by atoms with Crippen LogP contribution in [-0.4, -0.2) is 28.5 Å². The van der Waals surface area contributed by atoms with Gasteiger partial charge in [0.25, 0.3) is 5.91 Å². The van der Waals surface area contributed by atoms with E-state index < -0.39 is 0 Å². The summed E-state index contributed by atoms with van der Waals surface area (Å²) in [7, 11) is 0. The van der Waals surface area contributed by atoms with Gasteiger partial charge in [-0.15, -0.1) is 0 Å². The van der Waals surface area contributed by atoms with Crippen LogP contribution in [-0.2, 0) is 4.79 Å². The van der Waals surface area contributed by atoms with E-state index in [1.54, 1.807) is 12.4 Å². The highest BCUT2D eigenvalue weighted by molar-refractivity contribution is 5.77. The maximum absolute atomic E-state index is 12.0. The van der Waals surface area contributed by atoms with E-state index in [2.05, 4.69) is 22.2 Å². The van der Waals surface area contributed by atoms with Gasteiger partial charge in [0.15, 0.2) is 18.2 Å². The van der Waals surface area contributed by atoms with E-state index in [0.717, 1.165) is 12.0 Å². The van der Waals surface area contributed by atoms with Crippen molar-refractivity contribution >= 4 is 5.91 Å². The Labute approximate surface area is 142 Å². The van der Waals surface area contributed by atoms with Crippen molar-refractivity contribution in [3.05, 3.63) is 42.7 Å². The largest absolute Gasteiger partial charge is 0.481 e. The van der Waals surface area contributed by atoms with Crippen LogP contribution in [0.2, 0.25) is 0 Å². The van der Waals surface area contributed by atoms with E-state index in [1.165, 1.54) is 19.3 Å². The van der Waals surface area contributed by atoms with E-state index in [9.17, 15) is 4.79 Å². The maximum Gasteiger partial charge on any atom is 0.258 e. The van der Waals surface area contributed by atoms with Crippen molar-refractivity contribution in [2.45, 2.75) is 38.6 Å². The van der Waals surface area contributed by atoms with Gasteiger partial charge in [-0.2, -0.15) is 0 Å². The average molecular weight is 325 g/mol. The summed E-state index contributed by atoms with van der Waals surface area (Å²) in [4.78, 5) is 20.6. The second-order valence-electron chi connectivity index (χ2n) is 6.33. The Morgan fingerprint density at radius 3 is 2.58 bits per heavy atom. The average Bonchev–Trinajstić information content (AvgIpc) is 2.63. The number of amides is 1. The van der Waals surface area contributed by atoms with E-state index >= 15 is 0 Å². The number of benzene rings is 1. The first-order valence-corrected chi connectivity index (χ1v) is 8.52. The van der Waals surface area contributed by atoms with Crippen molar-refractivity contribution in [2.75, 3.05) is 6.61 Å². The quantitative estimate of drug-likeness (QED) is 0.917. The van der Waals surface area contributed by atoms with E-state index in [0.29, 0.717) is 17.5 Å². The van der Waals surface area contributed by atoms with Gasteiger partial charge >= 0.3 is 0 Å². The second kappa shape index (κ2) is 7.90. The van der Waals surface area contributed by atoms with Crippen LogP contribution in [0.5, 0.6) is 5.75 Å². The summed E-state index contributed by atoms with van der Waals surface area (Å²) in [6.45, 7) is 2.19. The molecule has 1 heterocycles. The van der Waals surface area contributed by atoms with E-state index in [4.69, 9.17) is 4.74 Å². The minimum Gasteiger partial charge on any atom is -0.481 e. The molecule has 5 heteroatoms. The Kier molecular flexibility index (Phi) is 5.41. The van der Waals surface area contributed by atoms with Crippen molar-refractivity contribution in [1.29, 1.82) is 0 Å². The van der Waals surface area contributed by atoms with Gasteiger partial charge in [0.1, 0.15) is 0 Å². The molecule has 1 aliphatic rings. The first-order chi connectivity index (χ1) is 11.7. The van der Waals surface area contributed by atoms with E-state index in [1.807, 2.05) is 30.3 Å². The number of aromatic nitrogens is 2. The monoisotopic (exact) mass is 325 g/mol. The third-order valence-electron chi connectivity index (χ3n) is 4.49. The highest BCUT2D eigenvalue weighted by Gasteiger charge is 2.22. The summed E-state index contributed by atoms with van der Waals surface area (Å²) in [5.41, 5.74) is 0.952. The van der Waals surface area contributed by atoms with Crippen LogP contribution in [0, 0.1) is 5.92 Å². The number of rotatable bonds is 5. The van der Waals surface area contributed by atoms with Gasteiger partial charge in [-0.05, 0) is 18.8 Å². The molecule has 1 amide bonds. The summed E-state index contributed by atoms with van der Waals surface area (Å²) in [5.74, 6) is 1.60. The molecule has 1 saturated carbocycles. The van der Waals surface area contributed by atoms with Crippen molar-refractivity contribution < 1.29 is 9.53 Å². The summed E-state index contributed by atoms with van der Waals surface area (Å²) >= 11 is 0. The molecule has 0 bridgehead atoms. The molecule has 0 saturated heterocycles. The Morgan fingerprint density at radius 2 is 1.88 bits per heavy atom. The Morgan fingerprint density at radius 1 is 1.17 bits per heavy atom. The lowest BCUT2D eigenvalue weighted by Gasteiger charge is -2.29. The lowest BCUT2D eigenvalue weighted by Crippen LogP contribution is -2.43. The number of carbonyl (C=O) groups is 1. The van der Waals surface area contributed by atoms with Crippen LogP contribution in [0.1, 0.15) is 32.6 Å². The van der Waals surface area contributed by atoms with Crippen LogP contribution in [0.25, 0.3) is 11.4 Å². The molecular weight excluding hydrogens is 302 g/mol. The summed E-state index contributed by atoms with van der Waals surface area (Å²) in [5, 5.41) is 3.07. The van der Waals surface area contributed by atoms with Crippen LogP contribution in [0.3, 0.4) is 0 Å². The third kappa shape index (κ3) is 4.31. The standard InChI is InChI=1S/C19H23N3O2/c1-14-7-5-6-10-17(14)22-18(23)13-24-16-11-20-19(21-12-16)15-8-3-2-4-9-15/h2-4,8-9,11-12,14,17H,5-7,10,13H2,1H3,(H,22,23)/t14-,17+/m1/s1. The first-order valence-electron chi connectivity index (χ1n) is 8.52. The predicted molar refractivity (Wildman–Crippen MR) is 92.5 cm³/mol. The van der Waals surface area contributed by atoms with Gasteiger partial charge in [-0.1, -0.05) is 50.1 Å². The van der Waals surface area contributed by atoms with Crippen molar-refractivity contribution in [1.82, 2.24) is 15.3 Å². The lowest BCUT2D eigenvalue weighted by molar-refractivity contribution is -0.124. The smallest absolute Gasteiger partial charge is 0.258 e. The number of hydrogen-bond donors (Lipinski definition) is 1. The SMILES string of the molecule is C[C@@H]1CCCC[C@@H]1NC(=O)COc1cnc(-c2ccccc2)nc1. The minimum atomic E-state index is -0.0825. The molecule has 24 heavy (non-hydrogen) atoms. The zero-order chi connectivity index (χ0) is 16.8. The molecule has 1 aromatic heterocycles. The highest BCUT2D eigenvalue weighted by atomic mass is 16.5. The van der Waals surface area contributed by atoms with Gasteiger partial charge in [0.2, 0.25) is 0 Å². The number of nitrogens with one attached hydrogen (secondary N) is 1. The molecule has 0 aliphatic heterocycles. The highest BCUT2D eigenvalue weighted by Crippen LogP contribution is 2.23. The fourth-order valence-corrected chi connectivity index (χ4v) is 3.06. The predicted octanol–water partition coefficient (Wildman–Crippen LogP) is 3.22. The third-order valence-corrected chi connectivity index (χ3v) is 4.49. The minimum absolute atomic E-state index is 0.00271. The molecule has 2 aromatic rings. The lowest BCUT2D eigenvalue weighted by atomic mass is 9.86. The molecule has 126 valence electrons. The fraction of sp³-hybridized carbons (Fsp3) is 0.421. The molecule has 0 unspecified atom stereocenters. The van der Waals surface area contributed by atoms with Gasteiger partial charge in [-0.3, -0.25) is 4.79 Å². The number of ether oxygens (including phenoxy) is 1. The number of hydrogen-bond acceptors (Lipinski definition) is 4. The summed E-state index contributed by atoms with van der Waals surface area (Å²) in [6, 6.07) is 10.0. The second-order valence-corrected chi connectivity index (χ2v) is 6.33. The topological polar surface area (TPSA) is 64.1 Å². The molecule has 5 nitrogen and oxygen atoms in total. The van der Waals surface area contributed by atoms with Crippen LogP contribution < -0.4 is 10.1 Å². The molecule has 0 radical (unpaired) electrons. The number of carbonyl (C=O) groups excluding carboxylic acids is 1. The van der Waals surface area contributed by atoms with Gasteiger partial charge in [-0.25, -0.2) is 9.97 Å². The molecule has 1 fully saturated rings. The molecule has 1 aromatic carbocycles. The molecule has 2 atom stereocenters. The van der Waals surface area contributed by atoms with E-state index in [-0.39, 0.29) is 18.6 Å². The molecule has 0 spiro atoms. The molecule has 1 N–H and O–H groups in total. The van der Waals surface area contributed by atoms with Crippen molar-refractivity contribution in [3.63, 3.8) is 0 Å². The Bertz CT molecular complexity index is 658. The normalized spacial score (nSPS) is 20.4. The zero-order valence-corrected chi connectivity index (χ0v) is 13.9. The summed E-state index contributed by atoms with van der Waals surface area (Å²) < 4.78 is 5.50. The molecule has 3 rings (SSSR count). The zero-order valence-electron chi connectivity index (χ0n) is 13.9. The number of nitrogens with zero attached hydrogens (tertiary/aromatic N) is 2. The fourth-order valence-electron chi connectivity index (χ4n) is 3.06. The Balaban J connectivity index is 1.50. The molecule has 1 aliphatic carbocycles. The molecular formula is C19H23N3O2. The van der Waals surface area contributed by atoms with Crippen molar-refractivity contribution in [3.8, 4) is 17.1 Å². The van der Waals surface area contributed by atoms with Gasteiger partial charge in [0.05, 0.1) is 12.4 Å². The summed E-state index contributed by atoms with van der Waals surface area (Å²) in [6.07, 6.45) is 7.89. The maximum atomic E-state index is 12.0. The van der Waals surface area contributed by atoms with Gasteiger partial charge in [0, 0.05) is 11.6 Å². The van der Waals surface area contributed by atoms with Crippen LogP contribution >= 0.6 is 0 Å².